The maximum atomic E-state index is 11.8. The Kier molecular flexibility index (Phi) is 4.39. The molecule has 0 aromatic heterocycles. The summed E-state index contributed by atoms with van der Waals surface area (Å²) in [6, 6.07) is 0.328. The lowest BCUT2D eigenvalue weighted by atomic mass is 10.2. The highest BCUT2D eigenvalue weighted by Crippen LogP contribution is 2.33. The average molecular weight is 198 g/mol. The SMILES string of the molecule is CNCCN(C(=O)CC1CC1)C(C)C. The van der Waals surface area contributed by atoms with Crippen LogP contribution in [0.25, 0.3) is 0 Å². The van der Waals surface area contributed by atoms with E-state index in [0.717, 1.165) is 19.5 Å². The standard InChI is InChI=1S/C11H22N2O/c1-9(2)13(7-6-12-3)11(14)8-10-4-5-10/h9-10,12H,4-8H2,1-3H3. The molecule has 0 radical (unpaired) electrons. The van der Waals surface area contributed by atoms with Crippen LogP contribution in [0, 0.1) is 5.92 Å². The van der Waals surface area contributed by atoms with E-state index in [2.05, 4.69) is 19.2 Å². The first-order chi connectivity index (χ1) is 6.65. The molecule has 1 fully saturated rings. The van der Waals surface area contributed by atoms with Crippen molar-refractivity contribution >= 4 is 5.91 Å². The van der Waals surface area contributed by atoms with Gasteiger partial charge in [0.2, 0.25) is 5.91 Å². The molecule has 0 bridgehead atoms. The van der Waals surface area contributed by atoms with Crippen molar-refractivity contribution in [2.45, 2.75) is 39.2 Å². The van der Waals surface area contributed by atoms with Gasteiger partial charge in [0.25, 0.3) is 0 Å². The predicted molar refractivity (Wildman–Crippen MR) is 58.1 cm³/mol. The normalized spacial score (nSPS) is 16.0. The summed E-state index contributed by atoms with van der Waals surface area (Å²) in [5.41, 5.74) is 0. The third-order valence-corrected chi connectivity index (χ3v) is 2.71. The molecule has 0 aromatic carbocycles. The van der Waals surface area contributed by atoms with E-state index >= 15 is 0 Å². The zero-order valence-electron chi connectivity index (χ0n) is 9.55. The van der Waals surface area contributed by atoms with Gasteiger partial charge in [-0.3, -0.25) is 4.79 Å². The number of carbonyl (C=O) groups is 1. The Morgan fingerprint density at radius 3 is 2.57 bits per heavy atom. The van der Waals surface area contributed by atoms with Gasteiger partial charge in [-0.25, -0.2) is 0 Å². The fraction of sp³-hybridized carbons (Fsp3) is 0.909. The van der Waals surface area contributed by atoms with Gasteiger partial charge in [-0.2, -0.15) is 0 Å². The summed E-state index contributed by atoms with van der Waals surface area (Å²) in [6.45, 7) is 5.88. The van der Waals surface area contributed by atoms with Crippen LogP contribution in [0.1, 0.15) is 33.1 Å². The lowest BCUT2D eigenvalue weighted by Gasteiger charge is -2.26. The highest BCUT2D eigenvalue weighted by Gasteiger charge is 2.27. The second kappa shape index (κ2) is 5.35. The topological polar surface area (TPSA) is 32.3 Å². The Morgan fingerprint density at radius 1 is 1.50 bits per heavy atom. The molecule has 0 unspecified atom stereocenters. The Labute approximate surface area is 86.9 Å². The van der Waals surface area contributed by atoms with Crippen LogP contribution in [0.5, 0.6) is 0 Å². The minimum Gasteiger partial charge on any atom is -0.339 e. The molecule has 82 valence electrons. The predicted octanol–water partition coefficient (Wildman–Crippen LogP) is 1.24. The van der Waals surface area contributed by atoms with Crippen LogP contribution in [0.3, 0.4) is 0 Å². The van der Waals surface area contributed by atoms with Crippen molar-refractivity contribution in [2.24, 2.45) is 5.92 Å². The number of rotatable bonds is 6. The summed E-state index contributed by atoms with van der Waals surface area (Å²) in [4.78, 5) is 13.8. The van der Waals surface area contributed by atoms with Crippen molar-refractivity contribution in [1.29, 1.82) is 0 Å². The van der Waals surface area contributed by atoms with Crippen molar-refractivity contribution in [2.75, 3.05) is 20.1 Å². The number of amides is 1. The number of hydrogen-bond donors (Lipinski definition) is 1. The molecule has 1 saturated carbocycles. The van der Waals surface area contributed by atoms with Gasteiger partial charge in [0.1, 0.15) is 0 Å². The summed E-state index contributed by atoms with van der Waals surface area (Å²) < 4.78 is 0. The third-order valence-electron chi connectivity index (χ3n) is 2.71. The molecule has 3 heteroatoms. The summed E-state index contributed by atoms with van der Waals surface area (Å²) in [7, 11) is 1.92. The Bertz CT molecular complexity index is 188. The zero-order valence-corrected chi connectivity index (χ0v) is 9.55. The van der Waals surface area contributed by atoms with Crippen molar-refractivity contribution in [3.8, 4) is 0 Å². The molecule has 0 aromatic rings. The molecule has 0 heterocycles. The molecule has 0 aliphatic heterocycles. The molecule has 1 aliphatic rings. The fourth-order valence-corrected chi connectivity index (χ4v) is 1.59. The minimum atomic E-state index is 0.328. The number of nitrogens with one attached hydrogen (secondary N) is 1. The van der Waals surface area contributed by atoms with E-state index in [9.17, 15) is 4.79 Å². The van der Waals surface area contributed by atoms with E-state index in [1.807, 2.05) is 11.9 Å². The molecule has 0 saturated heterocycles. The van der Waals surface area contributed by atoms with E-state index in [1.165, 1.54) is 12.8 Å². The molecular formula is C11H22N2O. The summed E-state index contributed by atoms with van der Waals surface area (Å²) in [5.74, 6) is 1.02. The number of carbonyl (C=O) groups excluding carboxylic acids is 1. The van der Waals surface area contributed by atoms with Crippen LogP contribution in [-0.4, -0.2) is 37.0 Å². The lowest BCUT2D eigenvalue weighted by molar-refractivity contribution is -0.133. The maximum absolute atomic E-state index is 11.8. The zero-order chi connectivity index (χ0) is 10.6. The average Bonchev–Trinajstić information content (AvgIpc) is 2.88. The molecule has 0 spiro atoms. The highest BCUT2D eigenvalue weighted by molar-refractivity contribution is 5.77. The molecule has 3 nitrogen and oxygen atoms in total. The molecule has 1 N–H and O–H groups in total. The Morgan fingerprint density at radius 2 is 2.14 bits per heavy atom. The van der Waals surface area contributed by atoms with E-state index in [4.69, 9.17) is 0 Å². The second-order valence-corrected chi connectivity index (χ2v) is 4.43. The van der Waals surface area contributed by atoms with Crippen LogP contribution in [0.15, 0.2) is 0 Å². The van der Waals surface area contributed by atoms with Crippen molar-refractivity contribution in [1.82, 2.24) is 10.2 Å². The van der Waals surface area contributed by atoms with Crippen LogP contribution in [0.4, 0.5) is 0 Å². The van der Waals surface area contributed by atoms with Gasteiger partial charge >= 0.3 is 0 Å². The second-order valence-electron chi connectivity index (χ2n) is 4.43. The van der Waals surface area contributed by atoms with Gasteiger partial charge in [-0.1, -0.05) is 0 Å². The van der Waals surface area contributed by atoms with E-state index in [-0.39, 0.29) is 0 Å². The smallest absolute Gasteiger partial charge is 0.223 e. The van der Waals surface area contributed by atoms with Crippen molar-refractivity contribution in [3.05, 3.63) is 0 Å². The lowest BCUT2D eigenvalue weighted by Crippen LogP contribution is -2.41. The monoisotopic (exact) mass is 198 g/mol. The first kappa shape index (κ1) is 11.5. The largest absolute Gasteiger partial charge is 0.339 e. The fourth-order valence-electron chi connectivity index (χ4n) is 1.59. The Hall–Kier alpha value is -0.570. The summed E-state index contributed by atoms with van der Waals surface area (Å²) >= 11 is 0. The van der Waals surface area contributed by atoms with Crippen LogP contribution in [-0.2, 0) is 4.79 Å². The van der Waals surface area contributed by atoms with Crippen molar-refractivity contribution < 1.29 is 4.79 Å². The van der Waals surface area contributed by atoms with E-state index in [1.54, 1.807) is 0 Å². The van der Waals surface area contributed by atoms with Gasteiger partial charge in [0.15, 0.2) is 0 Å². The first-order valence-electron chi connectivity index (χ1n) is 5.59. The van der Waals surface area contributed by atoms with Crippen LogP contribution < -0.4 is 5.32 Å². The summed E-state index contributed by atoms with van der Waals surface area (Å²) in [6.07, 6.45) is 3.27. The number of hydrogen-bond acceptors (Lipinski definition) is 2. The quantitative estimate of drug-likeness (QED) is 0.696. The summed E-state index contributed by atoms with van der Waals surface area (Å²) in [5, 5.41) is 3.08. The van der Waals surface area contributed by atoms with Crippen molar-refractivity contribution in [3.63, 3.8) is 0 Å². The number of nitrogens with zero attached hydrogens (tertiary/aromatic N) is 1. The maximum Gasteiger partial charge on any atom is 0.223 e. The molecule has 1 rings (SSSR count). The molecule has 1 aliphatic carbocycles. The first-order valence-corrected chi connectivity index (χ1v) is 5.59. The molecule has 1 amide bonds. The van der Waals surface area contributed by atoms with Crippen LogP contribution in [0.2, 0.25) is 0 Å². The molecule has 14 heavy (non-hydrogen) atoms. The van der Waals surface area contributed by atoms with Gasteiger partial charge < -0.3 is 10.2 Å². The third kappa shape index (κ3) is 3.66. The van der Waals surface area contributed by atoms with Gasteiger partial charge in [0.05, 0.1) is 0 Å². The molecular weight excluding hydrogens is 176 g/mol. The van der Waals surface area contributed by atoms with E-state index in [0.29, 0.717) is 17.9 Å². The molecule has 0 atom stereocenters. The number of likely N-dealkylation sites (N-methyl/N-ethyl adjacent to an activating group) is 1. The van der Waals surface area contributed by atoms with Gasteiger partial charge in [-0.15, -0.1) is 0 Å². The van der Waals surface area contributed by atoms with E-state index < -0.39 is 0 Å². The Balaban J connectivity index is 2.34. The highest BCUT2D eigenvalue weighted by atomic mass is 16.2. The minimum absolute atomic E-state index is 0.328. The van der Waals surface area contributed by atoms with Gasteiger partial charge in [0, 0.05) is 25.6 Å². The van der Waals surface area contributed by atoms with Crippen LogP contribution >= 0.6 is 0 Å². The van der Waals surface area contributed by atoms with Gasteiger partial charge in [-0.05, 0) is 39.7 Å².